The Balaban J connectivity index is 1.78. The van der Waals surface area contributed by atoms with Gasteiger partial charge in [0.1, 0.15) is 12.1 Å². The highest BCUT2D eigenvalue weighted by molar-refractivity contribution is 5.89. The fourth-order valence-corrected chi connectivity index (χ4v) is 2.99. The summed E-state index contributed by atoms with van der Waals surface area (Å²) in [6.07, 6.45) is -2.34. The van der Waals surface area contributed by atoms with Gasteiger partial charge in [-0.25, -0.2) is 14.8 Å². The van der Waals surface area contributed by atoms with Crippen LogP contribution in [0.5, 0.6) is 0 Å². The van der Waals surface area contributed by atoms with Crippen molar-refractivity contribution in [2.75, 3.05) is 11.9 Å². The SMILES string of the molecule is CCOC(=O)c1ccc(CNc2ncnc(CC)c2C#Cc2ccc(C(F)(F)F)cc2)cc1. The standard InChI is InChI=1S/C25H22F3N3O2/c1-3-22-21(14-9-17-7-12-20(13-8-17)25(26,27)28)23(31-16-30-22)29-15-18-5-10-19(11-6-18)24(32)33-4-2/h5-8,10-13,16H,3-4,15H2,1-2H3,(H,29,30,31). The van der Waals surface area contributed by atoms with Crippen LogP contribution in [-0.2, 0) is 23.9 Å². The summed E-state index contributed by atoms with van der Waals surface area (Å²) >= 11 is 0. The second-order valence-corrected chi connectivity index (χ2v) is 6.99. The summed E-state index contributed by atoms with van der Waals surface area (Å²) in [5.41, 5.74) is 2.43. The van der Waals surface area contributed by atoms with Gasteiger partial charge in [-0.3, -0.25) is 0 Å². The van der Waals surface area contributed by atoms with Gasteiger partial charge in [0.15, 0.2) is 0 Å². The van der Waals surface area contributed by atoms with Crippen LogP contribution in [0.25, 0.3) is 0 Å². The van der Waals surface area contributed by atoms with Gasteiger partial charge in [-0.05, 0) is 55.3 Å². The Bertz CT molecular complexity index is 1160. The predicted octanol–water partition coefficient (Wildman–Crippen LogP) is 5.25. The van der Waals surface area contributed by atoms with E-state index in [4.69, 9.17) is 4.74 Å². The Morgan fingerprint density at radius 1 is 1.00 bits per heavy atom. The summed E-state index contributed by atoms with van der Waals surface area (Å²) in [5, 5.41) is 3.22. The van der Waals surface area contributed by atoms with E-state index in [0.29, 0.717) is 42.1 Å². The van der Waals surface area contributed by atoms with E-state index in [-0.39, 0.29) is 5.97 Å². The van der Waals surface area contributed by atoms with Crippen LogP contribution in [0.15, 0.2) is 54.9 Å². The molecule has 0 aliphatic rings. The highest BCUT2D eigenvalue weighted by atomic mass is 19.4. The Morgan fingerprint density at radius 3 is 2.30 bits per heavy atom. The van der Waals surface area contributed by atoms with E-state index in [1.165, 1.54) is 18.5 Å². The molecule has 0 fully saturated rings. The molecule has 0 unspecified atom stereocenters. The zero-order valence-electron chi connectivity index (χ0n) is 18.2. The Labute approximate surface area is 190 Å². The van der Waals surface area contributed by atoms with Gasteiger partial charge in [-0.1, -0.05) is 30.9 Å². The molecular weight excluding hydrogens is 431 g/mol. The Morgan fingerprint density at radius 2 is 1.70 bits per heavy atom. The number of alkyl halides is 3. The number of anilines is 1. The van der Waals surface area contributed by atoms with Gasteiger partial charge in [-0.2, -0.15) is 13.2 Å². The first-order valence-corrected chi connectivity index (χ1v) is 10.3. The Hall–Kier alpha value is -3.86. The van der Waals surface area contributed by atoms with Crippen molar-refractivity contribution in [3.8, 4) is 11.8 Å². The number of aryl methyl sites for hydroxylation is 1. The highest BCUT2D eigenvalue weighted by Crippen LogP contribution is 2.29. The fourth-order valence-electron chi connectivity index (χ4n) is 2.99. The molecule has 3 aromatic rings. The third-order valence-corrected chi connectivity index (χ3v) is 4.73. The van der Waals surface area contributed by atoms with Crippen LogP contribution in [-0.4, -0.2) is 22.5 Å². The lowest BCUT2D eigenvalue weighted by molar-refractivity contribution is -0.137. The first kappa shape index (κ1) is 23.8. The van der Waals surface area contributed by atoms with Crippen LogP contribution >= 0.6 is 0 Å². The number of aromatic nitrogens is 2. The number of nitrogens with one attached hydrogen (secondary N) is 1. The van der Waals surface area contributed by atoms with Crippen LogP contribution in [0, 0.1) is 11.8 Å². The van der Waals surface area contributed by atoms with Crippen molar-refractivity contribution in [2.24, 2.45) is 0 Å². The van der Waals surface area contributed by atoms with E-state index in [1.54, 1.807) is 19.1 Å². The number of hydrogen-bond donors (Lipinski definition) is 1. The van der Waals surface area contributed by atoms with Crippen molar-refractivity contribution in [3.63, 3.8) is 0 Å². The van der Waals surface area contributed by atoms with Gasteiger partial charge < -0.3 is 10.1 Å². The quantitative estimate of drug-likeness (QED) is 0.408. The Kier molecular flexibility index (Phi) is 7.67. The number of esters is 1. The van der Waals surface area contributed by atoms with Crippen molar-refractivity contribution in [3.05, 3.63) is 88.4 Å². The lowest BCUT2D eigenvalue weighted by Crippen LogP contribution is -2.08. The second-order valence-electron chi connectivity index (χ2n) is 6.99. The molecule has 0 saturated heterocycles. The number of halogens is 3. The molecule has 0 bridgehead atoms. The summed E-state index contributed by atoms with van der Waals surface area (Å²) in [5.74, 6) is 6.05. The van der Waals surface area contributed by atoms with Crippen LogP contribution in [0.1, 0.15) is 52.2 Å². The summed E-state index contributed by atoms with van der Waals surface area (Å²) in [4.78, 5) is 20.3. The average molecular weight is 453 g/mol. The molecule has 0 aliphatic carbocycles. The van der Waals surface area contributed by atoms with Gasteiger partial charge >= 0.3 is 12.1 Å². The molecule has 1 heterocycles. The zero-order valence-corrected chi connectivity index (χ0v) is 18.2. The molecule has 2 aromatic carbocycles. The minimum absolute atomic E-state index is 0.311. The largest absolute Gasteiger partial charge is 0.462 e. The highest BCUT2D eigenvalue weighted by Gasteiger charge is 2.29. The number of rotatable bonds is 6. The zero-order chi connectivity index (χ0) is 23.8. The lowest BCUT2D eigenvalue weighted by Gasteiger charge is -2.10. The van der Waals surface area contributed by atoms with E-state index in [0.717, 1.165) is 23.4 Å². The number of nitrogens with zero attached hydrogens (tertiary/aromatic N) is 2. The molecule has 8 heteroatoms. The van der Waals surface area contributed by atoms with Crippen molar-refractivity contribution >= 4 is 11.8 Å². The van der Waals surface area contributed by atoms with E-state index in [9.17, 15) is 18.0 Å². The van der Waals surface area contributed by atoms with E-state index in [2.05, 4.69) is 27.1 Å². The number of carbonyl (C=O) groups excluding carboxylic acids is 1. The molecule has 170 valence electrons. The smallest absolute Gasteiger partial charge is 0.416 e. The van der Waals surface area contributed by atoms with Gasteiger partial charge in [-0.15, -0.1) is 0 Å². The maximum Gasteiger partial charge on any atom is 0.416 e. The van der Waals surface area contributed by atoms with E-state index < -0.39 is 11.7 Å². The van der Waals surface area contributed by atoms with Gasteiger partial charge in [0.2, 0.25) is 0 Å². The van der Waals surface area contributed by atoms with Gasteiger partial charge in [0.25, 0.3) is 0 Å². The number of carbonyl (C=O) groups is 1. The summed E-state index contributed by atoms with van der Waals surface area (Å²) in [6.45, 7) is 4.42. The topological polar surface area (TPSA) is 64.1 Å². The summed E-state index contributed by atoms with van der Waals surface area (Å²) in [6, 6.07) is 11.7. The van der Waals surface area contributed by atoms with Gasteiger partial charge in [0.05, 0.1) is 29.0 Å². The maximum atomic E-state index is 12.8. The third-order valence-electron chi connectivity index (χ3n) is 4.73. The van der Waals surface area contributed by atoms with Gasteiger partial charge in [0, 0.05) is 12.1 Å². The second kappa shape index (κ2) is 10.6. The maximum absolute atomic E-state index is 12.8. The molecule has 3 rings (SSSR count). The minimum atomic E-state index is -4.39. The molecule has 0 saturated carbocycles. The predicted molar refractivity (Wildman–Crippen MR) is 119 cm³/mol. The number of benzene rings is 2. The average Bonchev–Trinajstić information content (AvgIpc) is 2.81. The first-order valence-electron chi connectivity index (χ1n) is 10.3. The van der Waals surface area contributed by atoms with Crippen LogP contribution in [0.4, 0.5) is 19.0 Å². The van der Waals surface area contributed by atoms with Crippen molar-refractivity contribution in [2.45, 2.75) is 33.0 Å². The minimum Gasteiger partial charge on any atom is -0.462 e. The summed E-state index contributed by atoms with van der Waals surface area (Å²) in [7, 11) is 0. The molecular formula is C25H22F3N3O2. The van der Waals surface area contributed by atoms with E-state index >= 15 is 0 Å². The lowest BCUT2D eigenvalue weighted by atomic mass is 10.1. The monoisotopic (exact) mass is 453 g/mol. The molecule has 1 aromatic heterocycles. The third kappa shape index (κ3) is 6.32. The van der Waals surface area contributed by atoms with Crippen molar-refractivity contribution in [1.82, 2.24) is 9.97 Å². The van der Waals surface area contributed by atoms with E-state index in [1.807, 2.05) is 19.1 Å². The van der Waals surface area contributed by atoms with Crippen LogP contribution < -0.4 is 5.32 Å². The number of hydrogen-bond acceptors (Lipinski definition) is 5. The van der Waals surface area contributed by atoms with Crippen LogP contribution in [0.2, 0.25) is 0 Å². The molecule has 1 N–H and O–H groups in total. The molecule has 0 aliphatic heterocycles. The molecule has 0 amide bonds. The van der Waals surface area contributed by atoms with Crippen LogP contribution in [0.3, 0.4) is 0 Å². The fraction of sp³-hybridized carbons (Fsp3) is 0.240. The molecule has 0 spiro atoms. The normalized spacial score (nSPS) is 10.8. The number of ether oxygens (including phenoxy) is 1. The van der Waals surface area contributed by atoms with Crippen molar-refractivity contribution in [1.29, 1.82) is 0 Å². The van der Waals surface area contributed by atoms with Crippen molar-refractivity contribution < 1.29 is 22.7 Å². The first-order chi connectivity index (χ1) is 15.8. The molecule has 5 nitrogen and oxygen atoms in total. The molecule has 33 heavy (non-hydrogen) atoms. The summed E-state index contributed by atoms with van der Waals surface area (Å²) < 4.78 is 43.3. The molecule has 0 radical (unpaired) electrons. The molecule has 0 atom stereocenters.